The van der Waals surface area contributed by atoms with Crippen molar-refractivity contribution in [1.82, 2.24) is 0 Å². The maximum Gasteiger partial charge on any atom is 0.129 e. The van der Waals surface area contributed by atoms with E-state index >= 15 is 0 Å². The minimum atomic E-state index is -0.248. The van der Waals surface area contributed by atoms with E-state index in [1.807, 2.05) is 31.2 Å². The van der Waals surface area contributed by atoms with Gasteiger partial charge in [0.1, 0.15) is 11.6 Å². The molecule has 0 bridgehead atoms. The lowest BCUT2D eigenvalue weighted by Gasteiger charge is -2.15. The van der Waals surface area contributed by atoms with Crippen molar-refractivity contribution < 1.29 is 9.13 Å². The highest BCUT2D eigenvalue weighted by Crippen LogP contribution is 2.38. The summed E-state index contributed by atoms with van der Waals surface area (Å²) in [7, 11) is 0. The van der Waals surface area contributed by atoms with Gasteiger partial charge in [0.15, 0.2) is 0 Å². The van der Waals surface area contributed by atoms with Crippen LogP contribution in [0.15, 0.2) is 45.3 Å². The van der Waals surface area contributed by atoms with Gasteiger partial charge in [0.2, 0.25) is 0 Å². The van der Waals surface area contributed by atoms with Crippen molar-refractivity contribution in [2.45, 2.75) is 11.8 Å². The number of rotatable bonds is 4. The van der Waals surface area contributed by atoms with Gasteiger partial charge in [0.25, 0.3) is 0 Å². The molecule has 1 nitrogen and oxygen atoms in total. The molecule has 0 fully saturated rings. The van der Waals surface area contributed by atoms with E-state index < -0.39 is 0 Å². The van der Waals surface area contributed by atoms with Crippen LogP contribution in [0.1, 0.15) is 22.9 Å². The molecule has 1 unspecified atom stereocenters. The van der Waals surface area contributed by atoms with Gasteiger partial charge in [-0.2, -0.15) is 0 Å². The number of hydrogen-bond donors (Lipinski definition) is 0. The van der Waals surface area contributed by atoms with Gasteiger partial charge >= 0.3 is 0 Å². The summed E-state index contributed by atoms with van der Waals surface area (Å²) < 4.78 is 21.1. The van der Waals surface area contributed by atoms with Gasteiger partial charge in [-0.15, -0.1) is 0 Å². The summed E-state index contributed by atoms with van der Waals surface area (Å²) in [5, 5.41) is 0. The number of alkyl halides is 1. The van der Waals surface area contributed by atoms with Crippen LogP contribution in [0.4, 0.5) is 4.39 Å². The van der Waals surface area contributed by atoms with Crippen molar-refractivity contribution in [3.05, 3.63) is 62.3 Å². The third-order valence-electron chi connectivity index (χ3n) is 2.79. The molecule has 0 N–H and O–H groups in total. The average molecular weight is 467 g/mol. The third kappa shape index (κ3) is 3.62. The normalized spacial score (nSPS) is 12.2. The lowest BCUT2D eigenvalue weighted by molar-refractivity contribution is 0.340. The van der Waals surface area contributed by atoms with Gasteiger partial charge in [0, 0.05) is 14.5 Å². The molecule has 106 valence electrons. The Kier molecular flexibility index (Phi) is 5.64. The molecule has 0 saturated heterocycles. The maximum absolute atomic E-state index is 14.0. The van der Waals surface area contributed by atoms with Gasteiger partial charge < -0.3 is 4.74 Å². The minimum absolute atomic E-state index is 0.222. The van der Waals surface area contributed by atoms with Gasteiger partial charge in [-0.1, -0.05) is 59.9 Å². The predicted molar refractivity (Wildman–Crippen MR) is 90.2 cm³/mol. The van der Waals surface area contributed by atoms with Crippen LogP contribution in [0, 0.1) is 5.82 Å². The highest BCUT2D eigenvalue weighted by atomic mass is 79.9. The number of halogens is 4. The standard InChI is InChI=1S/C15H12Br3FO/c1-2-20-10-4-6-11(13(17)8-10)15(18)12-5-3-9(16)7-14(12)19/h3-8,15H,2H2,1H3. The summed E-state index contributed by atoms with van der Waals surface area (Å²) >= 11 is 10.3. The van der Waals surface area contributed by atoms with Crippen LogP contribution in [0.25, 0.3) is 0 Å². The molecule has 0 heterocycles. The smallest absolute Gasteiger partial charge is 0.129 e. The van der Waals surface area contributed by atoms with Crippen molar-refractivity contribution in [2.24, 2.45) is 0 Å². The van der Waals surface area contributed by atoms with Crippen LogP contribution in [-0.4, -0.2) is 6.61 Å². The Balaban J connectivity index is 2.35. The first kappa shape index (κ1) is 16.0. The van der Waals surface area contributed by atoms with E-state index in [0.717, 1.165) is 20.3 Å². The van der Waals surface area contributed by atoms with Gasteiger partial charge in [-0.25, -0.2) is 4.39 Å². The zero-order valence-electron chi connectivity index (χ0n) is 10.7. The second kappa shape index (κ2) is 7.05. The summed E-state index contributed by atoms with van der Waals surface area (Å²) in [4.78, 5) is -0.222. The first-order valence-electron chi connectivity index (χ1n) is 6.04. The first-order valence-corrected chi connectivity index (χ1v) is 8.54. The molecule has 2 aromatic rings. The molecule has 1 atom stereocenters. The van der Waals surface area contributed by atoms with Crippen molar-refractivity contribution in [3.63, 3.8) is 0 Å². The fourth-order valence-electron chi connectivity index (χ4n) is 1.84. The quantitative estimate of drug-likeness (QED) is 0.485. The lowest BCUT2D eigenvalue weighted by Crippen LogP contribution is -1.99. The number of ether oxygens (including phenoxy) is 1. The molecule has 5 heteroatoms. The monoisotopic (exact) mass is 464 g/mol. The van der Waals surface area contributed by atoms with Gasteiger partial charge in [0.05, 0.1) is 11.4 Å². The minimum Gasteiger partial charge on any atom is -0.494 e. The Morgan fingerprint density at radius 3 is 2.40 bits per heavy atom. The van der Waals surface area contributed by atoms with Crippen molar-refractivity contribution in [1.29, 1.82) is 0 Å². The fourth-order valence-corrected chi connectivity index (χ4v) is 3.84. The van der Waals surface area contributed by atoms with Crippen molar-refractivity contribution in [3.8, 4) is 5.75 Å². The van der Waals surface area contributed by atoms with Crippen LogP contribution in [0.3, 0.4) is 0 Å². The van der Waals surface area contributed by atoms with E-state index in [-0.39, 0.29) is 10.6 Å². The zero-order valence-corrected chi connectivity index (χ0v) is 15.4. The molecule has 0 aliphatic rings. The van der Waals surface area contributed by atoms with Crippen LogP contribution in [0.2, 0.25) is 0 Å². The van der Waals surface area contributed by atoms with Gasteiger partial charge in [-0.05, 0) is 36.8 Å². The third-order valence-corrected chi connectivity index (χ3v) is 4.96. The molecule has 2 rings (SSSR count). The van der Waals surface area contributed by atoms with Crippen LogP contribution in [0.5, 0.6) is 5.75 Å². The maximum atomic E-state index is 14.0. The molecule has 0 aliphatic carbocycles. The summed E-state index contributed by atoms with van der Waals surface area (Å²) in [6, 6.07) is 10.8. The molecule has 2 aromatic carbocycles. The molecule has 20 heavy (non-hydrogen) atoms. The molecular formula is C15H12Br3FO. The summed E-state index contributed by atoms with van der Waals surface area (Å²) in [6.07, 6.45) is 0. The van der Waals surface area contributed by atoms with Crippen LogP contribution < -0.4 is 4.74 Å². The fraction of sp³-hybridized carbons (Fsp3) is 0.200. The van der Waals surface area contributed by atoms with E-state index in [1.54, 1.807) is 6.07 Å². The van der Waals surface area contributed by atoms with E-state index in [2.05, 4.69) is 47.8 Å². The number of hydrogen-bond acceptors (Lipinski definition) is 1. The topological polar surface area (TPSA) is 9.23 Å². The van der Waals surface area contributed by atoms with Crippen molar-refractivity contribution in [2.75, 3.05) is 6.61 Å². The predicted octanol–water partition coefficient (Wildman–Crippen LogP) is 6.23. The highest BCUT2D eigenvalue weighted by Gasteiger charge is 2.18. The Morgan fingerprint density at radius 2 is 1.80 bits per heavy atom. The Hall–Kier alpha value is -0.390. The van der Waals surface area contributed by atoms with E-state index in [0.29, 0.717) is 12.2 Å². The summed E-state index contributed by atoms with van der Waals surface area (Å²) in [5.74, 6) is 0.543. The van der Waals surface area contributed by atoms with Crippen molar-refractivity contribution >= 4 is 47.8 Å². The molecule has 0 saturated carbocycles. The number of benzene rings is 2. The Bertz CT molecular complexity index is 616. The second-order valence-electron chi connectivity index (χ2n) is 4.14. The van der Waals surface area contributed by atoms with Gasteiger partial charge in [-0.3, -0.25) is 0 Å². The highest BCUT2D eigenvalue weighted by molar-refractivity contribution is 9.11. The summed E-state index contributed by atoms with van der Waals surface area (Å²) in [6.45, 7) is 2.55. The molecule has 0 aromatic heterocycles. The van der Waals surface area contributed by atoms with Crippen LogP contribution in [-0.2, 0) is 0 Å². The second-order valence-corrected chi connectivity index (χ2v) is 6.83. The largest absolute Gasteiger partial charge is 0.494 e. The Morgan fingerprint density at radius 1 is 1.10 bits per heavy atom. The molecule has 0 aliphatic heterocycles. The SMILES string of the molecule is CCOc1ccc(C(Br)c2ccc(Br)cc2F)c(Br)c1. The summed E-state index contributed by atoms with van der Waals surface area (Å²) in [5.41, 5.74) is 1.55. The van der Waals surface area contributed by atoms with E-state index in [4.69, 9.17) is 4.74 Å². The average Bonchev–Trinajstić information content (AvgIpc) is 2.38. The lowest BCUT2D eigenvalue weighted by atomic mass is 10.0. The van der Waals surface area contributed by atoms with E-state index in [9.17, 15) is 4.39 Å². The van der Waals surface area contributed by atoms with Crippen LogP contribution >= 0.6 is 47.8 Å². The zero-order chi connectivity index (χ0) is 14.7. The molecule has 0 spiro atoms. The first-order chi connectivity index (χ1) is 9.52. The Labute approximate surface area is 142 Å². The van der Waals surface area contributed by atoms with E-state index in [1.165, 1.54) is 6.07 Å². The molecule has 0 amide bonds. The molecule has 0 radical (unpaired) electrons. The molecular weight excluding hydrogens is 455 g/mol.